The first-order valence-corrected chi connectivity index (χ1v) is 9.39. The predicted molar refractivity (Wildman–Crippen MR) is 109 cm³/mol. The van der Waals surface area contributed by atoms with E-state index in [9.17, 15) is 8.78 Å². The van der Waals surface area contributed by atoms with Gasteiger partial charge in [0, 0.05) is 29.1 Å². The summed E-state index contributed by atoms with van der Waals surface area (Å²) in [4.78, 5) is 13.0. The molecular formula is C23H21F2N3O. The first-order chi connectivity index (χ1) is 13.8. The Hall–Kier alpha value is -3.15. The molecule has 6 heteroatoms. The number of alkyl halides is 2. The SMILES string of the molecule is CC(C)(C)Cc1ncc(-c2ccc(C(F)F)nc2-c2ccc3cccnc3c2)o1. The lowest BCUT2D eigenvalue weighted by atomic mass is 9.92. The predicted octanol–water partition coefficient (Wildman–Crippen LogP) is 6.48. The molecule has 3 heterocycles. The van der Waals surface area contributed by atoms with Crippen LogP contribution >= 0.6 is 0 Å². The van der Waals surface area contributed by atoms with Gasteiger partial charge in [-0.1, -0.05) is 39.0 Å². The number of nitrogens with zero attached hydrogens (tertiary/aromatic N) is 3. The van der Waals surface area contributed by atoms with E-state index in [1.54, 1.807) is 18.5 Å². The van der Waals surface area contributed by atoms with Crippen LogP contribution in [0, 0.1) is 5.41 Å². The number of aromatic nitrogens is 3. The second-order valence-electron chi connectivity index (χ2n) is 8.20. The van der Waals surface area contributed by atoms with Gasteiger partial charge in [-0.15, -0.1) is 0 Å². The fourth-order valence-electron chi connectivity index (χ4n) is 3.20. The van der Waals surface area contributed by atoms with Crippen molar-refractivity contribution in [1.29, 1.82) is 0 Å². The number of oxazole rings is 1. The third-order valence-electron chi connectivity index (χ3n) is 4.52. The van der Waals surface area contributed by atoms with Gasteiger partial charge in [0.05, 0.1) is 17.4 Å². The first kappa shape index (κ1) is 19.2. The molecule has 0 amide bonds. The Balaban J connectivity index is 1.84. The number of rotatable bonds is 4. The summed E-state index contributed by atoms with van der Waals surface area (Å²) in [6.07, 6.45) is 1.34. The van der Waals surface area contributed by atoms with Crippen molar-refractivity contribution in [3.8, 4) is 22.6 Å². The number of hydrogen-bond donors (Lipinski definition) is 0. The molecule has 0 saturated carbocycles. The molecule has 3 aromatic heterocycles. The van der Waals surface area contributed by atoms with Crippen molar-refractivity contribution in [1.82, 2.24) is 15.0 Å². The monoisotopic (exact) mass is 393 g/mol. The van der Waals surface area contributed by atoms with Gasteiger partial charge in [0.15, 0.2) is 11.7 Å². The highest BCUT2D eigenvalue weighted by Gasteiger charge is 2.20. The van der Waals surface area contributed by atoms with E-state index in [1.807, 2.05) is 30.3 Å². The lowest BCUT2D eigenvalue weighted by Gasteiger charge is -2.14. The van der Waals surface area contributed by atoms with Crippen molar-refractivity contribution in [3.63, 3.8) is 0 Å². The molecule has 4 aromatic rings. The van der Waals surface area contributed by atoms with Gasteiger partial charge in [0.25, 0.3) is 6.43 Å². The Labute approximate surface area is 167 Å². The van der Waals surface area contributed by atoms with Crippen molar-refractivity contribution >= 4 is 10.9 Å². The van der Waals surface area contributed by atoms with Crippen LogP contribution < -0.4 is 0 Å². The van der Waals surface area contributed by atoms with Gasteiger partial charge in [0.1, 0.15) is 5.69 Å². The van der Waals surface area contributed by atoms with Gasteiger partial charge >= 0.3 is 0 Å². The summed E-state index contributed by atoms with van der Waals surface area (Å²) in [5.74, 6) is 1.12. The second-order valence-corrected chi connectivity index (χ2v) is 8.20. The van der Waals surface area contributed by atoms with E-state index in [1.165, 1.54) is 6.07 Å². The Morgan fingerprint density at radius 2 is 1.86 bits per heavy atom. The van der Waals surface area contributed by atoms with Crippen molar-refractivity contribution < 1.29 is 13.2 Å². The Morgan fingerprint density at radius 1 is 1.03 bits per heavy atom. The van der Waals surface area contributed by atoms with Crippen LogP contribution in [-0.2, 0) is 6.42 Å². The van der Waals surface area contributed by atoms with E-state index in [4.69, 9.17) is 4.42 Å². The topological polar surface area (TPSA) is 51.8 Å². The van der Waals surface area contributed by atoms with Gasteiger partial charge < -0.3 is 4.42 Å². The van der Waals surface area contributed by atoms with E-state index in [-0.39, 0.29) is 11.1 Å². The van der Waals surface area contributed by atoms with E-state index in [0.717, 1.165) is 10.9 Å². The first-order valence-electron chi connectivity index (χ1n) is 9.39. The van der Waals surface area contributed by atoms with Crippen LogP contribution in [0.2, 0.25) is 0 Å². The molecule has 29 heavy (non-hydrogen) atoms. The zero-order chi connectivity index (χ0) is 20.6. The highest BCUT2D eigenvalue weighted by atomic mass is 19.3. The summed E-state index contributed by atoms with van der Waals surface area (Å²) < 4.78 is 32.6. The van der Waals surface area contributed by atoms with E-state index in [0.29, 0.717) is 34.9 Å². The van der Waals surface area contributed by atoms with Crippen molar-refractivity contribution in [2.75, 3.05) is 0 Å². The normalized spacial score (nSPS) is 12.1. The Bertz CT molecular complexity index is 1160. The minimum absolute atomic E-state index is 0.0206. The minimum atomic E-state index is -2.66. The molecule has 0 radical (unpaired) electrons. The van der Waals surface area contributed by atoms with Crippen LogP contribution in [0.15, 0.2) is 59.3 Å². The summed E-state index contributed by atoms with van der Waals surface area (Å²) in [5, 5.41) is 0.968. The average molecular weight is 393 g/mol. The van der Waals surface area contributed by atoms with Crippen LogP contribution in [-0.4, -0.2) is 15.0 Å². The second kappa shape index (κ2) is 7.35. The van der Waals surface area contributed by atoms with Crippen LogP contribution in [0.1, 0.15) is 38.8 Å². The third-order valence-corrected chi connectivity index (χ3v) is 4.52. The van der Waals surface area contributed by atoms with Gasteiger partial charge in [-0.2, -0.15) is 0 Å². The zero-order valence-electron chi connectivity index (χ0n) is 16.5. The Morgan fingerprint density at radius 3 is 2.62 bits per heavy atom. The van der Waals surface area contributed by atoms with Crippen LogP contribution in [0.4, 0.5) is 8.78 Å². The lowest BCUT2D eigenvalue weighted by molar-refractivity contribution is 0.146. The number of benzene rings is 1. The fourth-order valence-corrected chi connectivity index (χ4v) is 3.20. The molecular weight excluding hydrogens is 372 g/mol. The van der Waals surface area contributed by atoms with Crippen molar-refractivity contribution in [2.24, 2.45) is 5.41 Å². The average Bonchev–Trinajstić information content (AvgIpc) is 3.13. The number of halogens is 2. The van der Waals surface area contributed by atoms with Gasteiger partial charge in [-0.3, -0.25) is 4.98 Å². The maximum atomic E-state index is 13.3. The smallest absolute Gasteiger partial charge is 0.280 e. The van der Waals surface area contributed by atoms with E-state index < -0.39 is 6.43 Å². The van der Waals surface area contributed by atoms with Gasteiger partial charge in [-0.05, 0) is 29.7 Å². The molecule has 0 spiro atoms. The maximum Gasteiger partial charge on any atom is 0.280 e. The van der Waals surface area contributed by atoms with Crippen molar-refractivity contribution in [2.45, 2.75) is 33.6 Å². The summed E-state index contributed by atoms with van der Waals surface area (Å²) in [6, 6.07) is 12.4. The minimum Gasteiger partial charge on any atom is -0.441 e. The highest BCUT2D eigenvalue weighted by Crippen LogP contribution is 2.35. The molecule has 4 rings (SSSR count). The van der Waals surface area contributed by atoms with E-state index in [2.05, 4.69) is 35.7 Å². The lowest BCUT2D eigenvalue weighted by Crippen LogP contribution is -2.09. The van der Waals surface area contributed by atoms with Gasteiger partial charge in [0.2, 0.25) is 0 Å². The summed E-state index contributed by atoms with van der Waals surface area (Å²) >= 11 is 0. The standard InChI is InChI=1S/C23H21F2N3O/c1-23(2,3)12-20-27-13-19(29-20)16-8-9-17(22(24)25)28-21(16)15-7-6-14-5-4-10-26-18(14)11-15/h4-11,13,22H,12H2,1-3H3. The molecule has 0 aliphatic rings. The molecule has 0 atom stereocenters. The maximum absolute atomic E-state index is 13.3. The quantitative estimate of drug-likeness (QED) is 0.398. The third kappa shape index (κ3) is 4.16. The fraction of sp³-hybridized carbons (Fsp3) is 0.261. The molecule has 0 unspecified atom stereocenters. The molecule has 0 aliphatic heterocycles. The van der Waals surface area contributed by atoms with Crippen LogP contribution in [0.3, 0.4) is 0 Å². The zero-order valence-corrected chi connectivity index (χ0v) is 16.5. The van der Waals surface area contributed by atoms with Gasteiger partial charge in [-0.25, -0.2) is 18.7 Å². The Kier molecular flexibility index (Phi) is 4.86. The molecule has 148 valence electrons. The molecule has 0 fully saturated rings. The number of pyridine rings is 2. The number of hydrogen-bond acceptors (Lipinski definition) is 4. The highest BCUT2D eigenvalue weighted by molar-refractivity contribution is 5.87. The summed E-state index contributed by atoms with van der Waals surface area (Å²) in [6.45, 7) is 6.30. The number of fused-ring (bicyclic) bond motifs is 1. The van der Waals surface area contributed by atoms with E-state index >= 15 is 0 Å². The molecule has 0 N–H and O–H groups in total. The van der Waals surface area contributed by atoms with Crippen LogP contribution in [0.5, 0.6) is 0 Å². The largest absolute Gasteiger partial charge is 0.441 e. The molecule has 0 aliphatic carbocycles. The molecule has 0 bridgehead atoms. The molecule has 1 aromatic carbocycles. The van der Waals surface area contributed by atoms with Crippen molar-refractivity contribution in [3.05, 3.63) is 66.4 Å². The van der Waals surface area contributed by atoms with Crippen LogP contribution in [0.25, 0.3) is 33.5 Å². The molecule has 0 saturated heterocycles. The summed E-state index contributed by atoms with van der Waals surface area (Å²) in [5.41, 5.74) is 2.26. The summed E-state index contributed by atoms with van der Waals surface area (Å²) in [7, 11) is 0. The molecule has 4 nitrogen and oxygen atoms in total.